The molecule has 1 saturated heterocycles. The Labute approximate surface area is 74.6 Å². The third kappa shape index (κ3) is 1.99. The molecule has 0 atom stereocenters. The highest BCUT2D eigenvalue weighted by Crippen LogP contribution is 2.25. The van der Waals surface area contributed by atoms with E-state index in [4.69, 9.17) is 5.11 Å². The van der Waals surface area contributed by atoms with Gasteiger partial charge in [-0.25, -0.2) is 0 Å². The Balaban J connectivity index is 1.65. The highest BCUT2D eigenvalue weighted by Gasteiger charge is 2.26. The van der Waals surface area contributed by atoms with Crippen LogP contribution in [0.5, 0.6) is 0 Å². The predicted molar refractivity (Wildman–Crippen MR) is 49.0 cm³/mol. The van der Waals surface area contributed by atoms with Gasteiger partial charge < -0.3 is 5.11 Å². The molecule has 0 aromatic carbocycles. The summed E-state index contributed by atoms with van der Waals surface area (Å²) in [5.41, 5.74) is 0. The molecule has 2 heteroatoms. The lowest BCUT2D eigenvalue weighted by Gasteiger charge is -2.39. The summed E-state index contributed by atoms with van der Waals surface area (Å²) in [6, 6.07) is 0. The first-order chi connectivity index (χ1) is 5.84. The summed E-state index contributed by atoms with van der Waals surface area (Å²) < 4.78 is 0. The van der Waals surface area contributed by atoms with Crippen molar-refractivity contribution in [3.8, 4) is 0 Å². The van der Waals surface area contributed by atoms with Crippen LogP contribution in [0.2, 0.25) is 0 Å². The summed E-state index contributed by atoms with van der Waals surface area (Å²) in [5.74, 6) is 0.936. The van der Waals surface area contributed by atoms with E-state index in [2.05, 4.69) is 4.90 Å². The number of β-amino-alcohol motifs (C(OH)–C–C–N with tert-alkyl or cyclic N) is 1. The largest absolute Gasteiger partial charge is 0.390 e. The van der Waals surface area contributed by atoms with Gasteiger partial charge in [-0.3, -0.25) is 4.90 Å². The van der Waals surface area contributed by atoms with Gasteiger partial charge in [-0.1, -0.05) is 19.3 Å². The number of rotatable bonds is 2. The van der Waals surface area contributed by atoms with E-state index in [1.807, 2.05) is 0 Å². The molecule has 0 unspecified atom stereocenters. The van der Waals surface area contributed by atoms with Gasteiger partial charge in [0.1, 0.15) is 0 Å². The van der Waals surface area contributed by atoms with Crippen LogP contribution in [0.15, 0.2) is 0 Å². The van der Waals surface area contributed by atoms with Crippen LogP contribution >= 0.6 is 0 Å². The molecule has 1 aliphatic heterocycles. The van der Waals surface area contributed by atoms with Crippen molar-refractivity contribution in [1.82, 2.24) is 4.90 Å². The lowest BCUT2D eigenvalue weighted by atomic mass is 9.88. The van der Waals surface area contributed by atoms with E-state index in [-0.39, 0.29) is 6.10 Å². The number of nitrogens with zero attached hydrogens (tertiary/aromatic N) is 1. The normalized spacial score (nSPS) is 28.8. The van der Waals surface area contributed by atoms with Gasteiger partial charge in [0.2, 0.25) is 0 Å². The Kier molecular flexibility index (Phi) is 2.66. The highest BCUT2D eigenvalue weighted by atomic mass is 16.3. The summed E-state index contributed by atoms with van der Waals surface area (Å²) in [4.78, 5) is 2.39. The molecule has 2 rings (SSSR count). The Morgan fingerprint density at radius 3 is 2.33 bits per heavy atom. The van der Waals surface area contributed by atoms with Crippen LogP contribution in [0, 0.1) is 5.92 Å². The van der Waals surface area contributed by atoms with Gasteiger partial charge in [-0.15, -0.1) is 0 Å². The number of hydrogen-bond donors (Lipinski definition) is 1. The van der Waals surface area contributed by atoms with Crippen molar-refractivity contribution in [3.05, 3.63) is 0 Å². The second kappa shape index (κ2) is 3.75. The van der Waals surface area contributed by atoms with E-state index in [9.17, 15) is 0 Å². The molecular formula is C10H19NO. The monoisotopic (exact) mass is 169 g/mol. The topological polar surface area (TPSA) is 23.5 Å². The summed E-state index contributed by atoms with van der Waals surface area (Å²) >= 11 is 0. The van der Waals surface area contributed by atoms with Crippen LogP contribution in [0.25, 0.3) is 0 Å². The Morgan fingerprint density at radius 1 is 1.08 bits per heavy atom. The summed E-state index contributed by atoms with van der Waals surface area (Å²) in [7, 11) is 0. The Morgan fingerprint density at radius 2 is 1.75 bits per heavy atom. The molecule has 0 spiro atoms. The lowest BCUT2D eigenvalue weighted by molar-refractivity contribution is -0.00943. The molecule has 12 heavy (non-hydrogen) atoms. The minimum atomic E-state index is -0.0198. The van der Waals surface area contributed by atoms with Crippen molar-refractivity contribution in [3.63, 3.8) is 0 Å². The van der Waals surface area contributed by atoms with Crippen LogP contribution in [0.4, 0.5) is 0 Å². The molecule has 1 N–H and O–H groups in total. The zero-order valence-electron chi connectivity index (χ0n) is 7.71. The maximum atomic E-state index is 9.11. The summed E-state index contributed by atoms with van der Waals surface area (Å²) in [6.07, 6.45) is 7.13. The molecule has 0 radical (unpaired) electrons. The molecule has 1 saturated carbocycles. The maximum absolute atomic E-state index is 9.11. The number of likely N-dealkylation sites (tertiary alicyclic amines) is 1. The standard InChI is InChI=1S/C10H19NO/c12-10-7-11(8-10)6-9-4-2-1-3-5-9/h9-10,12H,1-8H2. The van der Waals surface area contributed by atoms with Crippen molar-refractivity contribution in [2.75, 3.05) is 19.6 Å². The average Bonchev–Trinajstić information content (AvgIpc) is 2.04. The van der Waals surface area contributed by atoms with Gasteiger partial charge in [0.25, 0.3) is 0 Å². The van der Waals surface area contributed by atoms with Crippen molar-refractivity contribution in [1.29, 1.82) is 0 Å². The molecular weight excluding hydrogens is 150 g/mol. The fourth-order valence-corrected chi connectivity index (χ4v) is 2.43. The number of aliphatic hydroxyl groups is 1. The summed E-state index contributed by atoms with van der Waals surface area (Å²) in [5, 5.41) is 9.11. The molecule has 0 aromatic rings. The quantitative estimate of drug-likeness (QED) is 0.672. The first-order valence-corrected chi connectivity index (χ1v) is 5.25. The van der Waals surface area contributed by atoms with Crippen LogP contribution < -0.4 is 0 Å². The SMILES string of the molecule is OC1CN(CC2CCCCC2)C1. The van der Waals surface area contributed by atoms with Crippen LogP contribution in [-0.4, -0.2) is 35.7 Å². The first-order valence-electron chi connectivity index (χ1n) is 5.25. The van der Waals surface area contributed by atoms with E-state index in [0.717, 1.165) is 19.0 Å². The molecule has 0 bridgehead atoms. The van der Waals surface area contributed by atoms with Crippen LogP contribution in [-0.2, 0) is 0 Å². The molecule has 2 fully saturated rings. The first kappa shape index (κ1) is 8.52. The van der Waals surface area contributed by atoms with E-state index < -0.39 is 0 Å². The fourth-order valence-electron chi connectivity index (χ4n) is 2.43. The Hall–Kier alpha value is -0.0800. The Bertz CT molecular complexity index is 137. The molecule has 0 amide bonds. The van der Waals surface area contributed by atoms with E-state index in [0.29, 0.717) is 0 Å². The van der Waals surface area contributed by atoms with Crippen LogP contribution in [0.3, 0.4) is 0 Å². The van der Waals surface area contributed by atoms with E-state index >= 15 is 0 Å². The molecule has 2 nitrogen and oxygen atoms in total. The van der Waals surface area contributed by atoms with Crippen molar-refractivity contribution < 1.29 is 5.11 Å². The zero-order chi connectivity index (χ0) is 8.39. The van der Waals surface area contributed by atoms with Crippen molar-refractivity contribution in [2.24, 2.45) is 5.92 Å². The van der Waals surface area contributed by atoms with Crippen molar-refractivity contribution in [2.45, 2.75) is 38.2 Å². The van der Waals surface area contributed by atoms with Gasteiger partial charge in [0.15, 0.2) is 0 Å². The third-order valence-corrected chi connectivity index (χ3v) is 3.18. The van der Waals surface area contributed by atoms with Gasteiger partial charge in [0.05, 0.1) is 6.10 Å². The molecule has 70 valence electrons. The fraction of sp³-hybridized carbons (Fsp3) is 1.00. The molecule has 2 aliphatic rings. The summed E-state index contributed by atoms with van der Waals surface area (Å²) in [6.45, 7) is 3.10. The smallest absolute Gasteiger partial charge is 0.0793 e. The van der Waals surface area contributed by atoms with Crippen molar-refractivity contribution >= 4 is 0 Å². The van der Waals surface area contributed by atoms with E-state index in [1.54, 1.807) is 0 Å². The van der Waals surface area contributed by atoms with Gasteiger partial charge in [-0.2, -0.15) is 0 Å². The lowest BCUT2D eigenvalue weighted by Crippen LogP contribution is -2.52. The number of hydrogen-bond acceptors (Lipinski definition) is 2. The average molecular weight is 169 g/mol. The highest BCUT2D eigenvalue weighted by molar-refractivity contribution is 4.81. The third-order valence-electron chi connectivity index (χ3n) is 3.18. The maximum Gasteiger partial charge on any atom is 0.0793 e. The molecule has 0 aromatic heterocycles. The predicted octanol–water partition coefficient (Wildman–Crippen LogP) is 1.24. The second-order valence-corrected chi connectivity index (χ2v) is 4.38. The minimum Gasteiger partial charge on any atom is -0.390 e. The number of aliphatic hydroxyl groups excluding tert-OH is 1. The van der Waals surface area contributed by atoms with Gasteiger partial charge >= 0.3 is 0 Å². The van der Waals surface area contributed by atoms with Gasteiger partial charge in [0, 0.05) is 19.6 Å². The molecule has 1 heterocycles. The zero-order valence-corrected chi connectivity index (χ0v) is 7.71. The van der Waals surface area contributed by atoms with Crippen LogP contribution in [0.1, 0.15) is 32.1 Å². The minimum absolute atomic E-state index is 0.0198. The van der Waals surface area contributed by atoms with Gasteiger partial charge in [-0.05, 0) is 18.8 Å². The molecule has 1 aliphatic carbocycles. The van der Waals surface area contributed by atoms with E-state index in [1.165, 1.54) is 38.6 Å². The second-order valence-electron chi connectivity index (χ2n) is 4.38.